The average molecular weight is 496 g/mol. The van der Waals surface area contributed by atoms with Gasteiger partial charge in [0.25, 0.3) is 5.91 Å². The Morgan fingerprint density at radius 1 is 1.06 bits per heavy atom. The Kier molecular flexibility index (Phi) is 8.44. The third-order valence-corrected chi connectivity index (χ3v) is 6.91. The number of benzene rings is 2. The first-order chi connectivity index (χ1) is 17.0. The van der Waals surface area contributed by atoms with Gasteiger partial charge in [-0.1, -0.05) is 48.9 Å². The van der Waals surface area contributed by atoms with Gasteiger partial charge >= 0.3 is 0 Å². The molecule has 0 aliphatic carbocycles. The summed E-state index contributed by atoms with van der Waals surface area (Å²) in [6, 6.07) is 17.4. The molecule has 7 nitrogen and oxygen atoms in total. The molecule has 0 unspecified atom stereocenters. The van der Waals surface area contributed by atoms with Gasteiger partial charge in [0.05, 0.1) is 35.1 Å². The Morgan fingerprint density at radius 3 is 2.40 bits per heavy atom. The van der Waals surface area contributed by atoms with E-state index in [1.54, 1.807) is 19.2 Å². The monoisotopic (exact) mass is 495 g/mol. The van der Waals surface area contributed by atoms with Gasteiger partial charge in [0.1, 0.15) is 5.82 Å². The lowest BCUT2D eigenvalue weighted by Gasteiger charge is -2.36. The van der Waals surface area contributed by atoms with Crippen LogP contribution in [0.2, 0.25) is 5.02 Å². The number of likely N-dealkylation sites (N-methyl/N-ethyl adjacent to an activating group) is 1. The molecule has 0 spiro atoms. The SMILES string of the molecule is CCN1CCN(c2c(CN(CCOC)C(=O)c3ccccc3Cl)c(C)nn2-c2ccccc2)CC1. The number of hydrogen-bond donors (Lipinski definition) is 0. The van der Waals surface area contributed by atoms with Crippen molar-refractivity contribution in [2.24, 2.45) is 0 Å². The second kappa shape index (κ2) is 11.7. The van der Waals surface area contributed by atoms with Crippen molar-refractivity contribution in [1.29, 1.82) is 0 Å². The number of aromatic nitrogens is 2. The van der Waals surface area contributed by atoms with Crippen LogP contribution >= 0.6 is 11.6 Å². The standard InChI is InChI=1S/C27H34ClN5O2/c1-4-30-14-16-31(17-15-30)26-24(21(2)29-33(26)22-10-6-5-7-11-22)20-32(18-19-35-3)27(34)23-12-8-9-13-25(23)28/h5-13H,4,14-20H2,1-3H3. The number of piperazine rings is 1. The lowest BCUT2D eigenvalue weighted by atomic mass is 10.1. The molecule has 4 rings (SSSR count). The molecule has 1 aliphatic heterocycles. The van der Waals surface area contributed by atoms with Gasteiger partial charge < -0.3 is 19.4 Å². The molecular formula is C27H34ClN5O2. The van der Waals surface area contributed by atoms with Crippen LogP contribution < -0.4 is 4.90 Å². The fraction of sp³-hybridized carbons (Fsp3) is 0.407. The molecule has 35 heavy (non-hydrogen) atoms. The third-order valence-electron chi connectivity index (χ3n) is 6.58. The van der Waals surface area contributed by atoms with E-state index in [1.165, 1.54) is 0 Å². The van der Waals surface area contributed by atoms with E-state index in [0.29, 0.717) is 30.3 Å². The fourth-order valence-electron chi connectivity index (χ4n) is 4.53. The highest BCUT2D eigenvalue weighted by molar-refractivity contribution is 6.33. The summed E-state index contributed by atoms with van der Waals surface area (Å²) in [5.74, 6) is 0.945. The molecule has 1 fully saturated rings. The van der Waals surface area contributed by atoms with Crippen molar-refractivity contribution in [3.8, 4) is 5.69 Å². The van der Waals surface area contributed by atoms with Crippen molar-refractivity contribution in [2.75, 3.05) is 57.9 Å². The van der Waals surface area contributed by atoms with Crippen LogP contribution in [0, 0.1) is 6.92 Å². The van der Waals surface area contributed by atoms with E-state index in [2.05, 4.69) is 28.9 Å². The number of carbonyl (C=O) groups is 1. The smallest absolute Gasteiger partial charge is 0.255 e. The maximum absolute atomic E-state index is 13.6. The second-order valence-corrected chi connectivity index (χ2v) is 9.16. The van der Waals surface area contributed by atoms with E-state index in [9.17, 15) is 4.79 Å². The summed E-state index contributed by atoms with van der Waals surface area (Å²) in [5.41, 5.74) is 3.47. The number of carbonyl (C=O) groups excluding carboxylic acids is 1. The largest absolute Gasteiger partial charge is 0.383 e. The van der Waals surface area contributed by atoms with E-state index >= 15 is 0 Å². The van der Waals surface area contributed by atoms with Crippen molar-refractivity contribution < 1.29 is 9.53 Å². The Bertz CT molecular complexity index is 1130. The molecule has 1 amide bonds. The van der Waals surface area contributed by atoms with Crippen molar-refractivity contribution in [1.82, 2.24) is 19.6 Å². The molecule has 186 valence electrons. The number of amides is 1. The zero-order valence-electron chi connectivity index (χ0n) is 20.8. The number of para-hydroxylation sites is 1. The summed E-state index contributed by atoms with van der Waals surface area (Å²) in [4.78, 5) is 20.2. The van der Waals surface area contributed by atoms with E-state index in [1.807, 2.05) is 46.8 Å². The van der Waals surface area contributed by atoms with Gasteiger partial charge in [-0.2, -0.15) is 5.10 Å². The highest BCUT2D eigenvalue weighted by atomic mass is 35.5. The summed E-state index contributed by atoms with van der Waals surface area (Å²) in [6.07, 6.45) is 0. The van der Waals surface area contributed by atoms with E-state index < -0.39 is 0 Å². The molecule has 3 aromatic rings. The van der Waals surface area contributed by atoms with Crippen LogP contribution in [0.25, 0.3) is 5.69 Å². The third kappa shape index (κ3) is 5.69. The Morgan fingerprint density at radius 2 is 1.74 bits per heavy atom. The van der Waals surface area contributed by atoms with Crippen LogP contribution in [-0.4, -0.2) is 78.5 Å². The molecule has 0 radical (unpaired) electrons. The number of halogens is 1. The number of anilines is 1. The zero-order chi connectivity index (χ0) is 24.8. The van der Waals surface area contributed by atoms with Gasteiger partial charge in [-0.25, -0.2) is 4.68 Å². The Hall–Kier alpha value is -2.87. The van der Waals surface area contributed by atoms with Crippen molar-refractivity contribution in [3.05, 3.63) is 76.4 Å². The molecule has 0 bridgehead atoms. The average Bonchev–Trinajstić information content (AvgIpc) is 3.22. The molecule has 1 aromatic heterocycles. The first kappa shape index (κ1) is 25.2. The number of aryl methyl sites for hydroxylation is 1. The summed E-state index contributed by atoms with van der Waals surface area (Å²) in [7, 11) is 1.65. The second-order valence-electron chi connectivity index (χ2n) is 8.76. The molecule has 2 heterocycles. The minimum absolute atomic E-state index is 0.110. The predicted octanol–water partition coefficient (Wildman–Crippen LogP) is 4.26. The first-order valence-electron chi connectivity index (χ1n) is 12.2. The molecular weight excluding hydrogens is 462 g/mol. The highest BCUT2D eigenvalue weighted by Gasteiger charge is 2.28. The fourth-order valence-corrected chi connectivity index (χ4v) is 4.75. The summed E-state index contributed by atoms with van der Waals surface area (Å²) in [6.45, 7) is 10.4. The van der Waals surface area contributed by atoms with Gasteiger partial charge in [-0.15, -0.1) is 0 Å². The number of ether oxygens (including phenoxy) is 1. The zero-order valence-corrected chi connectivity index (χ0v) is 21.5. The predicted molar refractivity (Wildman–Crippen MR) is 141 cm³/mol. The molecule has 0 N–H and O–H groups in total. The lowest BCUT2D eigenvalue weighted by Crippen LogP contribution is -2.47. The minimum Gasteiger partial charge on any atom is -0.383 e. The van der Waals surface area contributed by atoms with Gasteiger partial charge in [-0.3, -0.25) is 4.79 Å². The first-order valence-corrected chi connectivity index (χ1v) is 12.5. The molecule has 8 heteroatoms. The summed E-state index contributed by atoms with van der Waals surface area (Å²) < 4.78 is 7.37. The van der Waals surface area contributed by atoms with Crippen molar-refractivity contribution in [3.63, 3.8) is 0 Å². The van der Waals surface area contributed by atoms with Crippen LogP contribution in [0.3, 0.4) is 0 Å². The molecule has 0 saturated carbocycles. The maximum atomic E-state index is 13.6. The quantitative estimate of drug-likeness (QED) is 0.444. The Labute approximate surface area is 212 Å². The van der Waals surface area contributed by atoms with E-state index in [-0.39, 0.29) is 5.91 Å². The van der Waals surface area contributed by atoms with Crippen LogP contribution in [-0.2, 0) is 11.3 Å². The van der Waals surface area contributed by atoms with Crippen LogP contribution in [0.1, 0.15) is 28.5 Å². The van der Waals surface area contributed by atoms with Gasteiger partial charge in [0.15, 0.2) is 0 Å². The van der Waals surface area contributed by atoms with Crippen LogP contribution in [0.5, 0.6) is 0 Å². The van der Waals surface area contributed by atoms with Crippen molar-refractivity contribution in [2.45, 2.75) is 20.4 Å². The lowest BCUT2D eigenvalue weighted by molar-refractivity contribution is 0.0680. The molecule has 2 aromatic carbocycles. The highest BCUT2D eigenvalue weighted by Crippen LogP contribution is 2.30. The number of hydrogen-bond acceptors (Lipinski definition) is 5. The van der Waals surface area contributed by atoms with Crippen molar-refractivity contribution >= 4 is 23.3 Å². The van der Waals surface area contributed by atoms with Crippen LogP contribution in [0.4, 0.5) is 5.82 Å². The molecule has 1 saturated heterocycles. The van der Waals surface area contributed by atoms with E-state index in [0.717, 1.165) is 55.5 Å². The Balaban J connectivity index is 1.73. The minimum atomic E-state index is -0.110. The summed E-state index contributed by atoms with van der Waals surface area (Å²) >= 11 is 6.39. The van der Waals surface area contributed by atoms with Gasteiger partial charge in [0, 0.05) is 45.4 Å². The summed E-state index contributed by atoms with van der Waals surface area (Å²) in [5, 5.41) is 5.40. The molecule has 0 atom stereocenters. The van der Waals surface area contributed by atoms with E-state index in [4.69, 9.17) is 21.4 Å². The number of methoxy groups -OCH3 is 1. The van der Waals surface area contributed by atoms with Gasteiger partial charge in [0.2, 0.25) is 0 Å². The van der Waals surface area contributed by atoms with Gasteiger partial charge in [-0.05, 0) is 37.7 Å². The topological polar surface area (TPSA) is 53.8 Å². The maximum Gasteiger partial charge on any atom is 0.255 e. The molecule has 1 aliphatic rings. The number of nitrogens with zero attached hydrogens (tertiary/aromatic N) is 5. The van der Waals surface area contributed by atoms with Crippen LogP contribution in [0.15, 0.2) is 54.6 Å². The normalized spacial score (nSPS) is 14.3. The number of rotatable bonds is 9.